The number of carboxylic acids is 1. The summed E-state index contributed by atoms with van der Waals surface area (Å²) in [4.78, 5) is 35.9. The Labute approximate surface area is 200 Å². The Bertz CT molecular complexity index is 1270. The highest BCUT2D eigenvalue weighted by molar-refractivity contribution is 5.95. The lowest BCUT2D eigenvalue weighted by molar-refractivity contribution is -0.122. The minimum absolute atomic E-state index is 0.0283. The zero-order valence-electron chi connectivity index (χ0n) is 18.7. The molecule has 5 rings (SSSR count). The van der Waals surface area contributed by atoms with Crippen LogP contribution in [0.15, 0.2) is 66.7 Å². The molecule has 0 spiro atoms. The van der Waals surface area contributed by atoms with Crippen molar-refractivity contribution in [3.05, 3.63) is 89.2 Å². The highest BCUT2D eigenvalue weighted by Gasteiger charge is 2.36. The fourth-order valence-electron chi connectivity index (χ4n) is 4.77. The lowest BCUT2D eigenvalue weighted by Crippen LogP contribution is -2.48. The van der Waals surface area contributed by atoms with E-state index in [0.29, 0.717) is 12.8 Å². The quantitative estimate of drug-likeness (QED) is 0.477. The van der Waals surface area contributed by atoms with Crippen molar-refractivity contribution in [2.75, 3.05) is 11.9 Å². The first-order chi connectivity index (χ1) is 16.9. The standard InChI is InChI=1S/C27H23FN2O5/c28-24-10-9-16(13-22(24)26(32)33)29-25(31)15-11-17(12-15)30-27(34)35-14-23-20-7-3-1-5-18(20)19-6-2-4-8-21(19)23/h1-10,13,15,17,23H,11-12,14H2,(H,29,31)(H,30,34)(H,32,33). The molecule has 8 heteroatoms. The van der Waals surface area contributed by atoms with Gasteiger partial charge in [-0.2, -0.15) is 0 Å². The number of aromatic carboxylic acids is 1. The molecular weight excluding hydrogens is 451 g/mol. The van der Waals surface area contributed by atoms with Crippen LogP contribution in [0.25, 0.3) is 11.1 Å². The molecule has 0 bridgehead atoms. The van der Waals surface area contributed by atoms with Crippen LogP contribution < -0.4 is 10.6 Å². The number of alkyl carbamates (subject to hydrolysis) is 1. The van der Waals surface area contributed by atoms with Gasteiger partial charge in [-0.3, -0.25) is 4.79 Å². The summed E-state index contributed by atoms with van der Waals surface area (Å²) in [5, 5.41) is 14.4. The Kier molecular flexibility index (Phi) is 5.94. The second kappa shape index (κ2) is 9.21. The molecule has 3 N–H and O–H groups in total. The molecule has 0 radical (unpaired) electrons. The third kappa shape index (κ3) is 4.47. The smallest absolute Gasteiger partial charge is 0.407 e. The van der Waals surface area contributed by atoms with Crippen molar-refractivity contribution < 1.29 is 28.6 Å². The molecule has 0 unspecified atom stereocenters. The van der Waals surface area contributed by atoms with E-state index in [1.165, 1.54) is 6.07 Å². The number of hydrogen-bond acceptors (Lipinski definition) is 4. The molecule has 2 aliphatic rings. The number of benzene rings is 3. The summed E-state index contributed by atoms with van der Waals surface area (Å²) in [6, 6.07) is 19.4. The minimum atomic E-state index is -1.41. The SMILES string of the molecule is O=C(NC1CC(C(=O)Nc2ccc(F)c(C(=O)O)c2)C1)OCC1c2ccccc2-c2ccccc21. The van der Waals surface area contributed by atoms with E-state index in [0.717, 1.165) is 34.4 Å². The van der Waals surface area contributed by atoms with E-state index in [-0.39, 0.29) is 36.1 Å². The van der Waals surface area contributed by atoms with Crippen molar-refractivity contribution in [1.82, 2.24) is 5.32 Å². The van der Waals surface area contributed by atoms with Crippen LogP contribution >= 0.6 is 0 Å². The van der Waals surface area contributed by atoms with Crippen molar-refractivity contribution in [2.24, 2.45) is 5.92 Å². The summed E-state index contributed by atoms with van der Waals surface area (Å²) < 4.78 is 19.1. The summed E-state index contributed by atoms with van der Waals surface area (Å²) in [7, 11) is 0. The maximum Gasteiger partial charge on any atom is 0.407 e. The maximum atomic E-state index is 13.5. The molecular formula is C27H23FN2O5. The van der Waals surface area contributed by atoms with Gasteiger partial charge in [0, 0.05) is 23.6 Å². The van der Waals surface area contributed by atoms with E-state index in [1.807, 2.05) is 24.3 Å². The molecule has 2 amide bonds. The van der Waals surface area contributed by atoms with Crippen molar-refractivity contribution in [3.63, 3.8) is 0 Å². The molecule has 7 nitrogen and oxygen atoms in total. The lowest BCUT2D eigenvalue weighted by Gasteiger charge is -2.34. The van der Waals surface area contributed by atoms with E-state index < -0.39 is 23.4 Å². The fourth-order valence-corrected chi connectivity index (χ4v) is 4.77. The minimum Gasteiger partial charge on any atom is -0.478 e. The van der Waals surface area contributed by atoms with Gasteiger partial charge in [-0.25, -0.2) is 14.0 Å². The highest BCUT2D eigenvalue weighted by atomic mass is 19.1. The number of carbonyl (C=O) groups is 3. The second-order valence-corrected chi connectivity index (χ2v) is 8.82. The topological polar surface area (TPSA) is 105 Å². The van der Waals surface area contributed by atoms with Crippen molar-refractivity contribution in [3.8, 4) is 11.1 Å². The summed E-state index contributed by atoms with van der Waals surface area (Å²) in [6.45, 7) is 0.215. The Hall–Kier alpha value is -4.20. The van der Waals surface area contributed by atoms with Gasteiger partial charge in [-0.05, 0) is 53.3 Å². The van der Waals surface area contributed by atoms with Gasteiger partial charge in [-0.1, -0.05) is 48.5 Å². The predicted molar refractivity (Wildman–Crippen MR) is 127 cm³/mol. The van der Waals surface area contributed by atoms with Crippen molar-refractivity contribution in [2.45, 2.75) is 24.8 Å². The zero-order chi connectivity index (χ0) is 24.5. The number of amides is 2. The van der Waals surface area contributed by atoms with Crippen LogP contribution in [-0.2, 0) is 9.53 Å². The normalized spacial score (nSPS) is 18.1. The van der Waals surface area contributed by atoms with Crippen molar-refractivity contribution >= 4 is 23.7 Å². The molecule has 0 atom stereocenters. The summed E-state index contributed by atoms with van der Waals surface area (Å²) in [6.07, 6.45) is 0.340. The Balaban J connectivity index is 1.11. The van der Waals surface area contributed by atoms with Crippen LogP contribution in [-0.4, -0.2) is 35.7 Å². The molecule has 0 heterocycles. The van der Waals surface area contributed by atoms with Gasteiger partial charge in [0.1, 0.15) is 12.4 Å². The molecule has 1 saturated carbocycles. The Morgan fingerprint density at radius 1 is 0.943 bits per heavy atom. The van der Waals surface area contributed by atoms with Gasteiger partial charge in [0.15, 0.2) is 0 Å². The second-order valence-electron chi connectivity index (χ2n) is 8.82. The van der Waals surface area contributed by atoms with E-state index in [2.05, 4.69) is 34.9 Å². The third-order valence-electron chi connectivity index (χ3n) is 6.64. The largest absolute Gasteiger partial charge is 0.478 e. The molecule has 0 aliphatic heterocycles. The fraction of sp³-hybridized carbons (Fsp3) is 0.222. The zero-order valence-corrected chi connectivity index (χ0v) is 18.7. The van der Waals surface area contributed by atoms with Crippen LogP contribution in [0.1, 0.15) is 40.2 Å². The number of fused-ring (bicyclic) bond motifs is 3. The number of ether oxygens (including phenoxy) is 1. The molecule has 2 aliphatic carbocycles. The first kappa shape index (κ1) is 22.6. The summed E-state index contributed by atoms with van der Waals surface area (Å²) in [5.74, 6) is -2.95. The monoisotopic (exact) mass is 474 g/mol. The average molecular weight is 474 g/mol. The number of carboxylic acid groups (broad SMARTS) is 1. The first-order valence-electron chi connectivity index (χ1n) is 11.4. The number of anilines is 1. The number of nitrogens with one attached hydrogen (secondary N) is 2. The molecule has 3 aromatic carbocycles. The van der Waals surface area contributed by atoms with Crippen LogP contribution in [0.3, 0.4) is 0 Å². The summed E-state index contributed by atoms with van der Waals surface area (Å²) in [5.41, 5.74) is 4.28. The lowest BCUT2D eigenvalue weighted by atomic mass is 9.79. The predicted octanol–water partition coefficient (Wildman–Crippen LogP) is 4.78. The number of carbonyl (C=O) groups excluding carboxylic acids is 2. The molecule has 0 saturated heterocycles. The Morgan fingerprint density at radius 3 is 2.20 bits per heavy atom. The molecule has 1 fully saturated rings. The average Bonchev–Trinajstić information content (AvgIpc) is 3.14. The van der Waals surface area contributed by atoms with E-state index in [4.69, 9.17) is 9.84 Å². The number of rotatable bonds is 6. The van der Waals surface area contributed by atoms with Crippen LogP contribution in [0.5, 0.6) is 0 Å². The maximum absolute atomic E-state index is 13.5. The number of halogens is 1. The van der Waals surface area contributed by atoms with E-state index in [9.17, 15) is 18.8 Å². The summed E-state index contributed by atoms with van der Waals surface area (Å²) >= 11 is 0. The molecule has 35 heavy (non-hydrogen) atoms. The van der Waals surface area contributed by atoms with E-state index >= 15 is 0 Å². The van der Waals surface area contributed by atoms with Gasteiger partial charge >= 0.3 is 12.1 Å². The number of hydrogen-bond donors (Lipinski definition) is 3. The van der Waals surface area contributed by atoms with Gasteiger partial charge in [0.2, 0.25) is 5.91 Å². The third-order valence-corrected chi connectivity index (χ3v) is 6.64. The first-order valence-corrected chi connectivity index (χ1v) is 11.4. The molecule has 178 valence electrons. The van der Waals surface area contributed by atoms with Crippen LogP contribution in [0.4, 0.5) is 14.9 Å². The van der Waals surface area contributed by atoms with Crippen molar-refractivity contribution in [1.29, 1.82) is 0 Å². The van der Waals surface area contributed by atoms with Gasteiger partial charge in [0.05, 0.1) is 5.56 Å². The Morgan fingerprint density at radius 2 is 1.57 bits per heavy atom. The van der Waals surface area contributed by atoms with Crippen LogP contribution in [0, 0.1) is 11.7 Å². The highest BCUT2D eigenvalue weighted by Crippen LogP contribution is 2.44. The van der Waals surface area contributed by atoms with E-state index in [1.54, 1.807) is 0 Å². The molecule has 0 aromatic heterocycles. The van der Waals surface area contributed by atoms with Gasteiger partial charge < -0.3 is 20.5 Å². The van der Waals surface area contributed by atoms with Gasteiger partial charge in [-0.15, -0.1) is 0 Å². The van der Waals surface area contributed by atoms with Gasteiger partial charge in [0.25, 0.3) is 0 Å². The molecule has 3 aromatic rings. The van der Waals surface area contributed by atoms with Crippen LogP contribution in [0.2, 0.25) is 0 Å².